The standard InChI is InChI=1S/C23H22N2O5S/c1-16(18-9-12-21-22(15-18)30-14-13-29-21)24-23(26)17-7-10-20(11-8-17)31(27,28)25-19-5-3-2-4-6-19/h2-12,15-16,25H,13-14H2,1H3,(H,24,26)/t16-/m1/s1. The van der Waals surface area contributed by atoms with Crippen LogP contribution in [0.4, 0.5) is 5.69 Å². The summed E-state index contributed by atoms with van der Waals surface area (Å²) in [7, 11) is -3.74. The van der Waals surface area contributed by atoms with Crippen LogP contribution < -0.4 is 19.5 Å². The first-order valence-electron chi connectivity index (χ1n) is 9.81. The molecule has 4 rings (SSSR count). The summed E-state index contributed by atoms with van der Waals surface area (Å²) < 4.78 is 38.7. The fourth-order valence-corrected chi connectivity index (χ4v) is 4.26. The average molecular weight is 439 g/mol. The molecule has 1 amide bonds. The zero-order valence-electron chi connectivity index (χ0n) is 16.9. The Morgan fingerprint density at radius 2 is 1.58 bits per heavy atom. The number of para-hydroxylation sites is 1. The second kappa shape index (κ2) is 8.69. The summed E-state index contributed by atoms with van der Waals surface area (Å²) >= 11 is 0. The number of fused-ring (bicyclic) bond motifs is 1. The van der Waals surface area contributed by atoms with Crippen molar-refractivity contribution in [3.05, 3.63) is 83.9 Å². The molecule has 0 bridgehead atoms. The molecule has 3 aromatic rings. The zero-order valence-corrected chi connectivity index (χ0v) is 17.7. The maximum atomic E-state index is 12.6. The summed E-state index contributed by atoms with van der Waals surface area (Å²) in [5, 5.41) is 2.92. The molecular weight excluding hydrogens is 416 g/mol. The number of anilines is 1. The number of ether oxygens (including phenoxy) is 2. The third kappa shape index (κ3) is 4.80. The Morgan fingerprint density at radius 1 is 0.903 bits per heavy atom. The highest BCUT2D eigenvalue weighted by Crippen LogP contribution is 2.32. The highest BCUT2D eigenvalue weighted by molar-refractivity contribution is 7.92. The maximum absolute atomic E-state index is 12.6. The van der Waals surface area contributed by atoms with Crippen LogP contribution in [0.2, 0.25) is 0 Å². The second-order valence-corrected chi connectivity index (χ2v) is 8.78. The third-order valence-corrected chi connectivity index (χ3v) is 6.26. The van der Waals surface area contributed by atoms with Crippen LogP contribution in [0, 0.1) is 0 Å². The number of carbonyl (C=O) groups is 1. The lowest BCUT2D eigenvalue weighted by atomic mass is 10.1. The van der Waals surface area contributed by atoms with Crippen molar-refractivity contribution < 1.29 is 22.7 Å². The predicted octanol–water partition coefficient (Wildman–Crippen LogP) is 3.75. The molecule has 0 saturated carbocycles. The van der Waals surface area contributed by atoms with Gasteiger partial charge in [-0.2, -0.15) is 0 Å². The Balaban J connectivity index is 1.43. The van der Waals surface area contributed by atoms with Crippen LogP contribution >= 0.6 is 0 Å². The van der Waals surface area contributed by atoms with E-state index in [9.17, 15) is 13.2 Å². The van der Waals surface area contributed by atoms with E-state index in [2.05, 4.69) is 10.0 Å². The molecule has 0 saturated heterocycles. The Kier molecular flexibility index (Phi) is 5.81. The minimum Gasteiger partial charge on any atom is -0.486 e. The number of sulfonamides is 1. The lowest BCUT2D eigenvalue weighted by Gasteiger charge is -2.21. The number of hydrogen-bond donors (Lipinski definition) is 2. The van der Waals surface area contributed by atoms with Gasteiger partial charge in [-0.1, -0.05) is 24.3 Å². The Morgan fingerprint density at radius 3 is 2.29 bits per heavy atom. The lowest BCUT2D eigenvalue weighted by Crippen LogP contribution is -2.27. The smallest absolute Gasteiger partial charge is 0.261 e. The Hall–Kier alpha value is -3.52. The number of amides is 1. The van der Waals surface area contributed by atoms with Gasteiger partial charge in [-0.15, -0.1) is 0 Å². The van der Waals surface area contributed by atoms with Crippen molar-refractivity contribution in [1.82, 2.24) is 5.32 Å². The molecule has 0 aromatic heterocycles. The van der Waals surface area contributed by atoms with Gasteiger partial charge in [-0.3, -0.25) is 9.52 Å². The molecule has 0 aliphatic carbocycles. The summed E-state index contributed by atoms with van der Waals surface area (Å²) in [4.78, 5) is 12.7. The van der Waals surface area contributed by atoms with Crippen LogP contribution in [0.5, 0.6) is 11.5 Å². The van der Waals surface area contributed by atoms with Crippen LogP contribution in [0.25, 0.3) is 0 Å². The van der Waals surface area contributed by atoms with E-state index in [0.717, 1.165) is 5.56 Å². The van der Waals surface area contributed by atoms with Gasteiger partial charge in [-0.05, 0) is 61.0 Å². The number of carbonyl (C=O) groups excluding carboxylic acids is 1. The third-order valence-electron chi connectivity index (χ3n) is 4.87. The molecule has 0 fully saturated rings. The molecule has 31 heavy (non-hydrogen) atoms. The summed E-state index contributed by atoms with van der Waals surface area (Å²) in [5.41, 5.74) is 1.71. The number of hydrogen-bond acceptors (Lipinski definition) is 5. The Labute approximate surface area is 181 Å². The van der Waals surface area contributed by atoms with E-state index < -0.39 is 10.0 Å². The van der Waals surface area contributed by atoms with Crippen molar-refractivity contribution in [2.24, 2.45) is 0 Å². The van der Waals surface area contributed by atoms with Gasteiger partial charge in [-0.25, -0.2) is 8.42 Å². The summed E-state index contributed by atoms with van der Waals surface area (Å²) in [5.74, 6) is 1.04. The first-order valence-corrected chi connectivity index (χ1v) is 11.3. The van der Waals surface area contributed by atoms with E-state index in [4.69, 9.17) is 9.47 Å². The van der Waals surface area contributed by atoms with Crippen molar-refractivity contribution >= 4 is 21.6 Å². The van der Waals surface area contributed by atoms with Crippen molar-refractivity contribution in [2.75, 3.05) is 17.9 Å². The summed E-state index contributed by atoms with van der Waals surface area (Å²) in [6, 6.07) is 19.7. The number of benzene rings is 3. The largest absolute Gasteiger partial charge is 0.486 e. The van der Waals surface area contributed by atoms with Crippen LogP contribution in [0.1, 0.15) is 28.9 Å². The molecule has 2 N–H and O–H groups in total. The van der Waals surface area contributed by atoms with Gasteiger partial charge in [0, 0.05) is 11.3 Å². The highest BCUT2D eigenvalue weighted by atomic mass is 32.2. The first kappa shape index (κ1) is 20.7. The second-order valence-electron chi connectivity index (χ2n) is 7.09. The molecule has 0 spiro atoms. The van der Waals surface area contributed by atoms with Crippen molar-refractivity contribution in [1.29, 1.82) is 0 Å². The quantitative estimate of drug-likeness (QED) is 0.611. The molecule has 1 aliphatic rings. The van der Waals surface area contributed by atoms with Crippen LogP contribution in [0.3, 0.4) is 0 Å². The van der Waals surface area contributed by atoms with E-state index >= 15 is 0 Å². The van der Waals surface area contributed by atoms with E-state index in [1.807, 2.05) is 25.1 Å². The van der Waals surface area contributed by atoms with Crippen molar-refractivity contribution in [3.63, 3.8) is 0 Å². The first-order chi connectivity index (χ1) is 14.9. The normalized spacial score (nSPS) is 13.8. The van der Waals surface area contributed by atoms with Crippen LogP contribution in [-0.4, -0.2) is 27.5 Å². The number of nitrogens with one attached hydrogen (secondary N) is 2. The van der Waals surface area contributed by atoms with E-state index in [-0.39, 0.29) is 16.8 Å². The van der Waals surface area contributed by atoms with Gasteiger partial charge in [0.25, 0.3) is 15.9 Å². The van der Waals surface area contributed by atoms with Crippen LogP contribution in [-0.2, 0) is 10.0 Å². The van der Waals surface area contributed by atoms with Gasteiger partial charge in [0.05, 0.1) is 10.9 Å². The molecule has 1 heterocycles. The molecule has 3 aromatic carbocycles. The van der Waals surface area contributed by atoms with E-state index in [0.29, 0.717) is 36.0 Å². The molecule has 160 valence electrons. The Bertz CT molecular complexity index is 1180. The SMILES string of the molecule is C[C@@H](NC(=O)c1ccc(S(=O)(=O)Nc2ccccc2)cc1)c1ccc2c(c1)OCCO2. The van der Waals surface area contributed by atoms with Crippen molar-refractivity contribution in [2.45, 2.75) is 17.9 Å². The minimum atomic E-state index is -3.74. The summed E-state index contributed by atoms with van der Waals surface area (Å²) in [6.45, 7) is 2.88. The fourth-order valence-electron chi connectivity index (χ4n) is 3.20. The van der Waals surface area contributed by atoms with E-state index in [1.54, 1.807) is 30.3 Å². The molecule has 1 atom stereocenters. The van der Waals surface area contributed by atoms with E-state index in [1.165, 1.54) is 24.3 Å². The van der Waals surface area contributed by atoms with Gasteiger partial charge in [0.15, 0.2) is 11.5 Å². The maximum Gasteiger partial charge on any atom is 0.261 e. The predicted molar refractivity (Wildman–Crippen MR) is 117 cm³/mol. The van der Waals surface area contributed by atoms with Gasteiger partial charge < -0.3 is 14.8 Å². The minimum absolute atomic E-state index is 0.0767. The number of rotatable bonds is 6. The van der Waals surface area contributed by atoms with Gasteiger partial charge in [0.2, 0.25) is 0 Å². The zero-order chi connectivity index (χ0) is 21.8. The van der Waals surface area contributed by atoms with Gasteiger partial charge in [0.1, 0.15) is 13.2 Å². The molecule has 8 heteroatoms. The van der Waals surface area contributed by atoms with Gasteiger partial charge >= 0.3 is 0 Å². The monoisotopic (exact) mass is 438 g/mol. The topological polar surface area (TPSA) is 93.7 Å². The molecule has 0 radical (unpaired) electrons. The van der Waals surface area contributed by atoms with Crippen molar-refractivity contribution in [3.8, 4) is 11.5 Å². The molecule has 7 nitrogen and oxygen atoms in total. The van der Waals surface area contributed by atoms with Crippen LogP contribution in [0.15, 0.2) is 77.7 Å². The molecule has 0 unspecified atom stereocenters. The summed E-state index contributed by atoms with van der Waals surface area (Å²) in [6.07, 6.45) is 0. The highest BCUT2D eigenvalue weighted by Gasteiger charge is 2.18. The molecular formula is C23H22N2O5S. The lowest BCUT2D eigenvalue weighted by molar-refractivity contribution is 0.0939. The molecule has 1 aliphatic heterocycles. The fraction of sp³-hybridized carbons (Fsp3) is 0.174. The average Bonchev–Trinajstić information content (AvgIpc) is 2.79.